The highest BCUT2D eigenvalue weighted by Gasteiger charge is 2.35. The Hall–Kier alpha value is -2.50. The van der Waals surface area contributed by atoms with E-state index >= 15 is 0 Å². The maximum Gasteiger partial charge on any atom is 0.335 e. The zero-order chi connectivity index (χ0) is 18.6. The van der Waals surface area contributed by atoms with Gasteiger partial charge in [-0.3, -0.25) is 0 Å². The van der Waals surface area contributed by atoms with Crippen LogP contribution in [0.15, 0.2) is 29.3 Å². The zero-order valence-electron chi connectivity index (χ0n) is 15.5. The molecule has 1 aromatic carbocycles. The van der Waals surface area contributed by atoms with Crippen molar-refractivity contribution in [2.75, 3.05) is 14.2 Å². The van der Waals surface area contributed by atoms with E-state index in [4.69, 9.17) is 18.9 Å². The van der Waals surface area contributed by atoms with Crippen LogP contribution >= 0.6 is 0 Å². The second-order valence-electron chi connectivity index (χ2n) is 6.72. The third-order valence-electron chi connectivity index (χ3n) is 3.49. The van der Waals surface area contributed by atoms with Gasteiger partial charge in [-0.15, -0.1) is 0 Å². The number of carbonyl (C=O) groups excluding carboxylic acids is 1. The molecule has 0 fully saturated rings. The molecule has 1 aromatic rings. The highest BCUT2D eigenvalue weighted by molar-refractivity contribution is 5.96. The fourth-order valence-corrected chi connectivity index (χ4v) is 2.34. The molecule has 0 amide bonds. The molecular formula is C19H25NO5. The molecule has 6 heteroatoms. The van der Waals surface area contributed by atoms with Gasteiger partial charge in [-0.05, 0) is 51.5 Å². The van der Waals surface area contributed by atoms with E-state index in [1.165, 1.54) is 0 Å². The minimum absolute atomic E-state index is 0.361. The minimum atomic E-state index is -0.649. The van der Waals surface area contributed by atoms with Crippen LogP contribution in [0.5, 0.6) is 11.5 Å². The first-order valence-electron chi connectivity index (χ1n) is 8.11. The van der Waals surface area contributed by atoms with Gasteiger partial charge in [0.25, 0.3) is 0 Å². The predicted octanol–water partition coefficient (Wildman–Crippen LogP) is 3.24. The molecule has 0 saturated carbocycles. The van der Waals surface area contributed by atoms with E-state index in [0.717, 1.165) is 5.56 Å². The molecule has 0 unspecified atom stereocenters. The molecule has 0 bridgehead atoms. The summed E-state index contributed by atoms with van der Waals surface area (Å²) in [4.78, 5) is 16.5. The van der Waals surface area contributed by atoms with Gasteiger partial charge < -0.3 is 18.9 Å². The topological polar surface area (TPSA) is 66.4 Å². The molecule has 136 valence electrons. The first kappa shape index (κ1) is 18.8. The highest BCUT2D eigenvalue weighted by atomic mass is 16.6. The SMILES string of the molecule is COc1ccc(/C=C/C2=N[C@H](C(=O)OC(C)(C)C)[C@H](C)O2)cc1OC. The third-order valence-corrected chi connectivity index (χ3v) is 3.49. The van der Waals surface area contributed by atoms with E-state index in [9.17, 15) is 4.79 Å². The molecule has 1 heterocycles. The van der Waals surface area contributed by atoms with Crippen LogP contribution in [0.25, 0.3) is 6.08 Å². The van der Waals surface area contributed by atoms with E-state index in [-0.39, 0.29) is 12.1 Å². The van der Waals surface area contributed by atoms with Gasteiger partial charge in [0.05, 0.1) is 14.2 Å². The van der Waals surface area contributed by atoms with Crippen LogP contribution in [0, 0.1) is 0 Å². The second kappa shape index (κ2) is 7.59. The van der Waals surface area contributed by atoms with Crippen molar-refractivity contribution >= 4 is 17.9 Å². The molecule has 0 N–H and O–H groups in total. The molecule has 2 atom stereocenters. The lowest BCUT2D eigenvalue weighted by molar-refractivity contribution is -0.157. The summed E-state index contributed by atoms with van der Waals surface area (Å²) in [5.41, 5.74) is 0.349. The van der Waals surface area contributed by atoms with Crippen molar-refractivity contribution < 1.29 is 23.7 Å². The lowest BCUT2D eigenvalue weighted by Crippen LogP contribution is -2.35. The Kier molecular flexibility index (Phi) is 5.72. The molecule has 0 radical (unpaired) electrons. The van der Waals surface area contributed by atoms with Crippen LogP contribution in [0.2, 0.25) is 0 Å². The lowest BCUT2D eigenvalue weighted by atomic mass is 10.1. The maximum atomic E-state index is 12.2. The van der Waals surface area contributed by atoms with Crippen LogP contribution in [0.4, 0.5) is 0 Å². The number of hydrogen-bond donors (Lipinski definition) is 0. The Labute approximate surface area is 148 Å². The number of rotatable bonds is 5. The highest BCUT2D eigenvalue weighted by Crippen LogP contribution is 2.28. The molecule has 0 saturated heterocycles. The third kappa shape index (κ3) is 4.98. The average Bonchev–Trinajstić information content (AvgIpc) is 2.92. The minimum Gasteiger partial charge on any atom is -0.493 e. The molecule has 0 aromatic heterocycles. The van der Waals surface area contributed by atoms with Gasteiger partial charge >= 0.3 is 5.97 Å². The smallest absolute Gasteiger partial charge is 0.335 e. The number of aliphatic imine (C=N–C) groups is 1. The first-order valence-corrected chi connectivity index (χ1v) is 8.11. The van der Waals surface area contributed by atoms with Crippen molar-refractivity contribution in [3.63, 3.8) is 0 Å². The largest absolute Gasteiger partial charge is 0.493 e. The summed E-state index contributed by atoms with van der Waals surface area (Å²) in [5.74, 6) is 1.32. The summed E-state index contributed by atoms with van der Waals surface area (Å²) in [6, 6.07) is 4.91. The summed E-state index contributed by atoms with van der Waals surface area (Å²) in [5, 5.41) is 0. The summed E-state index contributed by atoms with van der Waals surface area (Å²) >= 11 is 0. The van der Waals surface area contributed by atoms with Crippen LogP contribution in [-0.2, 0) is 14.3 Å². The fourth-order valence-electron chi connectivity index (χ4n) is 2.34. The maximum absolute atomic E-state index is 12.2. The van der Waals surface area contributed by atoms with Gasteiger partial charge in [-0.2, -0.15) is 0 Å². The summed E-state index contributed by atoms with van der Waals surface area (Å²) in [6.45, 7) is 7.28. The zero-order valence-corrected chi connectivity index (χ0v) is 15.5. The van der Waals surface area contributed by atoms with Crippen LogP contribution < -0.4 is 9.47 Å². The second-order valence-corrected chi connectivity index (χ2v) is 6.72. The van der Waals surface area contributed by atoms with E-state index in [2.05, 4.69) is 4.99 Å². The summed E-state index contributed by atoms with van der Waals surface area (Å²) < 4.78 is 21.5. The number of nitrogens with zero attached hydrogens (tertiary/aromatic N) is 1. The molecule has 0 aliphatic carbocycles. The predicted molar refractivity (Wildman–Crippen MR) is 96.2 cm³/mol. The number of ether oxygens (including phenoxy) is 4. The molecule has 6 nitrogen and oxygen atoms in total. The van der Waals surface area contributed by atoms with E-state index in [0.29, 0.717) is 17.4 Å². The van der Waals surface area contributed by atoms with Gasteiger partial charge in [-0.25, -0.2) is 9.79 Å². The van der Waals surface area contributed by atoms with Gasteiger partial charge in [0.2, 0.25) is 5.90 Å². The van der Waals surface area contributed by atoms with Gasteiger partial charge in [0, 0.05) is 6.08 Å². The molecule has 1 aliphatic heterocycles. The molecule has 0 spiro atoms. The number of hydrogen-bond acceptors (Lipinski definition) is 6. The first-order chi connectivity index (χ1) is 11.7. The molecular weight excluding hydrogens is 322 g/mol. The summed E-state index contributed by atoms with van der Waals surface area (Å²) in [6.07, 6.45) is 3.20. The number of methoxy groups -OCH3 is 2. The molecule has 25 heavy (non-hydrogen) atoms. The van der Waals surface area contributed by atoms with Gasteiger partial charge in [0.15, 0.2) is 17.5 Å². The quantitative estimate of drug-likeness (QED) is 0.765. The van der Waals surface area contributed by atoms with Crippen molar-refractivity contribution in [2.45, 2.75) is 45.4 Å². The van der Waals surface area contributed by atoms with E-state index in [1.807, 2.05) is 45.0 Å². The monoisotopic (exact) mass is 347 g/mol. The van der Waals surface area contributed by atoms with Crippen molar-refractivity contribution in [1.82, 2.24) is 0 Å². The van der Waals surface area contributed by atoms with E-state index < -0.39 is 11.6 Å². The Bertz CT molecular complexity index is 688. The van der Waals surface area contributed by atoms with Gasteiger partial charge in [0.1, 0.15) is 11.7 Å². The van der Waals surface area contributed by atoms with Crippen molar-refractivity contribution in [1.29, 1.82) is 0 Å². The Morgan fingerprint density at radius 1 is 1.16 bits per heavy atom. The molecule has 1 aliphatic rings. The lowest BCUT2D eigenvalue weighted by Gasteiger charge is -2.21. The normalized spacial score (nSPS) is 20.2. The number of carbonyl (C=O) groups is 1. The number of benzene rings is 1. The Balaban J connectivity index is 2.11. The number of esters is 1. The average molecular weight is 347 g/mol. The molecule has 2 rings (SSSR count). The van der Waals surface area contributed by atoms with Crippen LogP contribution in [0.1, 0.15) is 33.3 Å². The van der Waals surface area contributed by atoms with Crippen LogP contribution in [0.3, 0.4) is 0 Å². The standard InChI is InChI=1S/C19H25NO5/c1-12-17(18(21)25-19(2,3)4)20-16(24-12)10-8-13-7-9-14(22-5)15(11-13)23-6/h7-12,17H,1-6H3/b10-8+/t12-,17-/m0/s1. The Morgan fingerprint density at radius 3 is 2.44 bits per heavy atom. The summed E-state index contributed by atoms with van der Waals surface area (Å²) in [7, 11) is 3.18. The Morgan fingerprint density at radius 2 is 1.84 bits per heavy atom. The van der Waals surface area contributed by atoms with Crippen molar-refractivity contribution in [3.8, 4) is 11.5 Å². The van der Waals surface area contributed by atoms with Crippen molar-refractivity contribution in [3.05, 3.63) is 29.8 Å². The van der Waals surface area contributed by atoms with E-state index in [1.54, 1.807) is 27.2 Å². The van der Waals surface area contributed by atoms with Gasteiger partial charge in [-0.1, -0.05) is 6.07 Å². The van der Waals surface area contributed by atoms with Crippen LogP contribution in [-0.4, -0.2) is 43.8 Å². The van der Waals surface area contributed by atoms with Crippen molar-refractivity contribution in [2.24, 2.45) is 4.99 Å². The fraction of sp³-hybridized carbons (Fsp3) is 0.474.